The second kappa shape index (κ2) is 8.06. The maximum Gasteiger partial charge on any atom is 0.236 e. The zero-order valence-electron chi connectivity index (χ0n) is 10.6. The van der Waals surface area contributed by atoms with E-state index in [2.05, 4.69) is 17.6 Å². The van der Waals surface area contributed by atoms with Crippen LogP contribution >= 0.6 is 0 Å². The third-order valence-electron chi connectivity index (χ3n) is 2.87. The first-order valence-corrected chi connectivity index (χ1v) is 6.49. The monoisotopic (exact) mass is 241 g/mol. The zero-order valence-corrected chi connectivity index (χ0v) is 10.6. The largest absolute Gasteiger partial charge is 0.355 e. The fourth-order valence-electron chi connectivity index (χ4n) is 1.83. The molecule has 5 heteroatoms. The molecule has 5 nitrogen and oxygen atoms in total. The third kappa shape index (κ3) is 5.68. The summed E-state index contributed by atoms with van der Waals surface area (Å²) in [5.74, 6) is 0.0662. The molecule has 0 aromatic heterocycles. The van der Waals surface area contributed by atoms with Crippen molar-refractivity contribution in [1.82, 2.24) is 15.5 Å². The van der Waals surface area contributed by atoms with E-state index in [9.17, 15) is 9.59 Å². The minimum atomic E-state index is -0.0346. The van der Waals surface area contributed by atoms with Gasteiger partial charge in [0.15, 0.2) is 0 Å². The average Bonchev–Trinajstić information content (AvgIpc) is 2.82. The molecule has 0 aromatic carbocycles. The molecular weight excluding hydrogens is 218 g/mol. The summed E-state index contributed by atoms with van der Waals surface area (Å²) in [6.45, 7) is 5.02. The average molecular weight is 241 g/mol. The Morgan fingerprint density at radius 3 is 2.53 bits per heavy atom. The lowest BCUT2D eigenvalue weighted by Crippen LogP contribution is -2.40. The Morgan fingerprint density at radius 1 is 1.18 bits per heavy atom. The van der Waals surface area contributed by atoms with Gasteiger partial charge in [-0.15, -0.1) is 0 Å². The molecular formula is C12H23N3O2. The van der Waals surface area contributed by atoms with Crippen LogP contribution in [0.1, 0.15) is 32.6 Å². The van der Waals surface area contributed by atoms with Gasteiger partial charge in [0, 0.05) is 19.6 Å². The highest BCUT2D eigenvalue weighted by Crippen LogP contribution is 2.06. The van der Waals surface area contributed by atoms with E-state index >= 15 is 0 Å². The number of carbonyl (C=O) groups excluding carboxylic acids is 2. The Kier molecular flexibility index (Phi) is 6.62. The SMILES string of the molecule is CCCCNC(=O)CNCC(=O)N1CCCC1. The zero-order chi connectivity index (χ0) is 12.5. The summed E-state index contributed by atoms with van der Waals surface area (Å²) in [5, 5.41) is 5.69. The van der Waals surface area contributed by atoms with Gasteiger partial charge < -0.3 is 10.2 Å². The molecule has 1 aliphatic rings. The lowest BCUT2D eigenvalue weighted by Gasteiger charge is -2.15. The van der Waals surface area contributed by atoms with Gasteiger partial charge in [-0.1, -0.05) is 13.3 Å². The summed E-state index contributed by atoms with van der Waals surface area (Å²) in [4.78, 5) is 24.8. The Morgan fingerprint density at radius 2 is 1.88 bits per heavy atom. The number of nitrogens with zero attached hydrogens (tertiary/aromatic N) is 1. The van der Waals surface area contributed by atoms with Gasteiger partial charge >= 0.3 is 0 Å². The molecule has 2 N–H and O–H groups in total. The van der Waals surface area contributed by atoms with E-state index in [1.807, 2.05) is 4.90 Å². The van der Waals surface area contributed by atoms with Crippen LogP contribution in [0.25, 0.3) is 0 Å². The molecule has 0 spiro atoms. The van der Waals surface area contributed by atoms with E-state index in [1.165, 1.54) is 0 Å². The molecule has 0 unspecified atom stereocenters. The molecule has 1 saturated heterocycles. The van der Waals surface area contributed by atoms with Crippen molar-refractivity contribution < 1.29 is 9.59 Å². The number of hydrogen-bond acceptors (Lipinski definition) is 3. The topological polar surface area (TPSA) is 61.4 Å². The third-order valence-corrected chi connectivity index (χ3v) is 2.87. The minimum absolute atomic E-state index is 0.0346. The number of likely N-dealkylation sites (tertiary alicyclic amines) is 1. The molecule has 0 radical (unpaired) electrons. The van der Waals surface area contributed by atoms with Gasteiger partial charge in [0.2, 0.25) is 11.8 Å². The number of unbranched alkanes of at least 4 members (excludes halogenated alkanes) is 1. The highest BCUT2D eigenvalue weighted by atomic mass is 16.2. The molecule has 1 heterocycles. The molecule has 1 rings (SSSR count). The smallest absolute Gasteiger partial charge is 0.236 e. The molecule has 17 heavy (non-hydrogen) atoms. The molecule has 0 aliphatic carbocycles. The van der Waals surface area contributed by atoms with Crippen molar-refractivity contribution in [3.8, 4) is 0 Å². The number of rotatable bonds is 7. The lowest BCUT2D eigenvalue weighted by atomic mass is 10.3. The Bertz CT molecular complexity index is 250. The number of hydrogen-bond donors (Lipinski definition) is 2. The Labute approximate surface area is 103 Å². The molecule has 1 fully saturated rings. The Hall–Kier alpha value is -1.10. The molecule has 0 saturated carbocycles. The van der Waals surface area contributed by atoms with Crippen molar-refractivity contribution in [2.75, 3.05) is 32.7 Å². The second-order valence-corrected chi connectivity index (χ2v) is 4.39. The summed E-state index contributed by atoms with van der Waals surface area (Å²) >= 11 is 0. The van der Waals surface area contributed by atoms with E-state index in [0.717, 1.165) is 45.3 Å². The van der Waals surface area contributed by atoms with Gasteiger partial charge in [0.1, 0.15) is 0 Å². The standard InChI is InChI=1S/C12H23N3O2/c1-2-3-6-14-11(16)9-13-10-12(17)15-7-4-5-8-15/h13H,2-10H2,1H3,(H,14,16). The predicted molar refractivity (Wildman–Crippen MR) is 66.6 cm³/mol. The molecule has 0 atom stereocenters. The van der Waals surface area contributed by atoms with Gasteiger partial charge in [-0.25, -0.2) is 0 Å². The number of carbonyl (C=O) groups is 2. The maximum absolute atomic E-state index is 11.6. The number of nitrogens with one attached hydrogen (secondary N) is 2. The van der Waals surface area contributed by atoms with Crippen molar-refractivity contribution in [3.05, 3.63) is 0 Å². The van der Waals surface area contributed by atoms with E-state index in [1.54, 1.807) is 0 Å². The maximum atomic E-state index is 11.6. The van der Waals surface area contributed by atoms with Gasteiger partial charge in [0.25, 0.3) is 0 Å². The fourth-order valence-corrected chi connectivity index (χ4v) is 1.83. The first kappa shape index (κ1) is 14.0. The summed E-state index contributed by atoms with van der Waals surface area (Å²) in [6, 6.07) is 0. The molecule has 0 bridgehead atoms. The lowest BCUT2D eigenvalue weighted by molar-refractivity contribution is -0.129. The van der Waals surface area contributed by atoms with Gasteiger partial charge in [0.05, 0.1) is 13.1 Å². The number of amides is 2. The van der Waals surface area contributed by atoms with Crippen LogP contribution in [0, 0.1) is 0 Å². The van der Waals surface area contributed by atoms with Crippen LogP contribution in [0.3, 0.4) is 0 Å². The summed E-state index contributed by atoms with van der Waals surface area (Å²) in [5.41, 5.74) is 0. The van der Waals surface area contributed by atoms with Crippen molar-refractivity contribution in [1.29, 1.82) is 0 Å². The van der Waals surface area contributed by atoms with Crippen LogP contribution in [0.15, 0.2) is 0 Å². The van der Waals surface area contributed by atoms with Crippen LogP contribution in [0.5, 0.6) is 0 Å². The van der Waals surface area contributed by atoms with Crippen LogP contribution in [-0.2, 0) is 9.59 Å². The van der Waals surface area contributed by atoms with E-state index < -0.39 is 0 Å². The van der Waals surface area contributed by atoms with Gasteiger partial charge in [-0.2, -0.15) is 0 Å². The summed E-state index contributed by atoms with van der Waals surface area (Å²) in [7, 11) is 0. The molecule has 1 aliphatic heterocycles. The van der Waals surface area contributed by atoms with E-state index in [4.69, 9.17) is 0 Å². The summed E-state index contributed by atoms with van der Waals surface area (Å²) < 4.78 is 0. The van der Waals surface area contributed by atoms with E-state index in [-0.39, 0.29) is 24.9 Å². The molecule has 98 valence electrons. The quantitative estimate of drug-likeness (QED) is 0.622. The summed E-state index contributed by atoms with van der Waals surface area (Å²) in [6.07, 6.45) is 4.27. The van der Waals surface area contributed by atoms with Gasteiger partial charge in [-0.3, -0.25) is 14.9 Å². The predicted octanol–water partition coefficient (Wildman–Crippen LogP) is 0.115. The van der Waals surface area contributed by atoms with Gasteiger partial charge in [-0.05, 0) is 19.3 Å². The van der Waals surface area contributed by atoms with Crippen molar-refractivity contribution in [3.63, 3.8) is 0 Å². The van der Waals surface area contributed by atoms with Crippen molar-refractivity contribution in [2.45, 2.75) is 32.6 Å². The van der Waals surface area contributed by atoms with Crippen LogP contribution in [0.4, 0.5) is 0 Å². The molecule has 2 amide bonds. The minimum Gasteiger partial charge on any atom is -0.355 e. The van der Waals surface area contributed by atoms with Crippen LogP contribution < -0.4 is 10.6 Å². The van der Waals surface area contributed by atoms with E-state index in [0.29, 0.717) is 0 Å². The normalized spacial score (nSPS) is 15.0. The van der Waals surface area contributed by atoms with Crippen molar-refractivity contribution in [2.24, 2.45) is 0 Å². The highest BCUT2D eigenvalue weighted by molar-refractivity contribution is 5.81. The highest BCUT2D eigenvalue weighted by Gasteiger charge is 2.17. The van der Waals surface area contributed by atoms with Crippen LogP contribution in [0.2, 0.25) is 0 Å². The Balaban J connectivity index is 2.02. The first-order valence-electron chi connectivity index (χ1n) is 6.49. The second-order valence-electron chi connectivity index (χ2n) is 4.39. The fraction of sp³-hybridized carbons (Fsp3) is 0.833. The van der Waals surface area contributed by atoms with Crippen LogP contribution in [-0.4, -0.2) is 49.4 Å². The first-order chi connectivity index (χ1) is 8.24. The molecule has 0 aromatic rings. The van der Waals surface area contributed by atoms with Crippen molar-refractivity contribution >= 4 is 11.8 Å².